The molecule has 0 radical (unpaired) electrons. The fraction of sp³-hybridized carbons (Fsp3) is 1.00. The minimum atomic E-state index is -0.290. The summed E-state index contributed by atoms with van der Waals surface area (Å²) in [6, 6.07) is 1.14. The molecular weight excluding hydrogens is 82.1 g/mol. The van der Waals surface area contributed by atoms with Gasteiger partial charge in [0.25, 0.3) is 0 Å². The second-order valence-electron chi connectivity index (χ2n) is 0.871. The lowest BCUT2D eigenvalue weighted by atomic mass is 11.0. The zero-order valence-electron chi connectivity index (χ0n) is 3.40. The van der Waals surface area contributed by atoms with Crippen LogP contribution in [0.5, 0.6) is 0 Å². The van der Waals surface area contributed by atoms with Gasteiger partial charge in [0.05, 0.1) is 0 Å². The highest BCUT2D eigenvalue weighted by Crippen LogP contribution is 1.65. The predicted molar refractivity (Wildman–Crippen MR) is 24.3 cm³/mol. The maximum absolute atomic E-state index is 4.70. The normalized spacial score (nSPS) is 10.8. The van der Waals surface area contributed by atoms with Crippen molar-refractivity contribution in [3.05, 3.63) is 0 Å². The van der Waals surface area contributed by atoms with E-state index in [1.54, 1.807) is 0 Å². The van der Waals surface area contributed by atoms with Crippen LogP contribution < -0.4 is 5.90 Å². The Balaban J connectivity index is 2.19. The van der Waals surface area contributed by atoms with E-state index >= 15 is 0 Å². The fourth-order valence-electron chi connectivity index (χ4n) is 0.118. The standard InChI is InChI=1S/C2H9NOSi/c1-2-5-4-3/h2-3,5H2,1H3. The van der Waals surface area contributed by atoms with Crippen molar-refractivity contribution < 1.29 is 4.53 Å². The summed E-state index contributed by atoms with van der Waals surface area (Å²) in [4.78, 5) is 0. The van der Waals surface area contributed by atoms with Crippen molar-refractivity contribution in [3.8, 4) is 0 Å². The van der Waals surface area contributed by atoms with Gasteiger partial charge in [-0.3, -0.25) is 0 Å². The summed E-state index contributed by atoms with van der Waals surface area (Å²) in [7, 11) is -0.290. The molecule has 5 heavy (non-hydrogen) atoms. The van der Waals surface area contributed by atoms with Crippen molar-refractivity contribution >= 4 is 9.76 Å². The average molecular weight is 91.2 g/mol. The van der Waals surface area contributed by atoms with Crippen LogP contribution in [0.4, 0.5) is 0 Å². The molecular formula is C2H9NOSi. The smallest absolute Gasteiger partial charge is 0.189 e. The molecule has 2 nitrogen and oxygen atoms in total. The third-order valence-corrected chi connectivity index (χ3v) is 0.966. The molecule has 0 saturated heterocycles. The first-order chi connectivity index (χ1) is 2.41. The van der Waals surface area contributed by atoms with E-state index in [1.807, 2.05) is 0 Å². The third kappa shape index (κ3) is 4.14. The molecule has 0 fully saturated rings. The highest BCUT2D eigenvalue weighted by atomic mass is 28.2. The summed E-state index contributed by atoms with van der Waals surface area (Å²) < 4.78 is 4.33. The van der Waals surface area contributed by atoms with Gasteiger partial charge < -0.3 is 4.53 Å². The molecule has 0 aliphatic carbocycles. The molecule has 0 spiro atoms. The molecule has 32 valence electrons. The molecule has 0 aliphatic rings. The van der Waals surface area contributed by atoms with E-state index in [4.69, 9.17) is 5.90 Å². The van der Waals surface area contributed by atoms with Crippen LogP contribution in [0.3, 0.4) is 0 Å². The first-order valence-electron chi connectivity index (χ1n) is 1.73. The van der Waals surface area contributed by atoms with Crippen LogP contribution in [-0.2, 0) is 4.53 Å². The van der Waals surface area contributed by atoms with E-state index in [1.165, 1.54) is 0 Å². The van der Waals surface area contributed by atoms with Crippen molar-refractivity contribution in [2.45, 2.75) is 13.0 Å². The SMILES string of the molecule is CC[SiH2]ON. The number of nitrogens with two attached hydrogens (primary N) is 1. The molecule has 0 saturated carbocycles. The van der Waals surface area contributed by atoms with Gasteiger partial charge in [-0.2, -0.15) is 0 Å². The second-order valence-corrected chi connectivity index (χ2v) is 2.61. The van der Waals surface area contributed by atoms with Crippen LogP contribution in [0.25, 0.3) is 0 Å². The van der Waals surface area contributed by atoms with E-state index in [-0.39, 0.29) is 9.76 Å². The van der Waals surface area contributed by atoms with E-state index in [0.717, 1.165) is 6.04 Å². The highest BCUT2D eigenvalue weighted by Gasteiger charge is 1.70. The quantitative estimate of drug-likeness (QED) is 0.364. The predicted octanol–water partition coefficient (Wildman–Crippen LogP) is -0.601. The monoisotopic (exact) mass is 91.0 g/mol. The maximum atomic E-state index is 4.70. The lowest BCUT2D eigenvalue weighted by molar-refractivity contribution is 0.355. The molecule has 0 bridgehead atoms. The zero-order valence-corrected chi connectivity index (χ0v) is 4.81. The largest absolute Gasteiger partial charge is 0.356 e. The molecule has 0 rings (SSSR count). The van der Waals surface area contributed by atoms with Crippen molar-refractivity contribution in [2.24, 2.45) is 5.90 Å². The lowest BCUT2D eigenvalue weighted by Crippen LogP contribution is -2.01. The number of rotatable bonds is 2. The van der Waals surface area contributed by atoms with Crippen molar-refractivity contribution in [1.29, 1.82) is 0 Å². The van der Waals surface area contributed by atoms with Gasteiger partial charge in [0, 0.05) is 0 Å². The van der Waals surface area contributed by atoms with Crippen LogP contribution in [0.15, 0.2) is 0 Å². The van der Waals surface area contributed by atoms with E-state index in [9.17, 15) is 0 Å². The second kappa shape index (κ2) is 4.14. The van der Waals surface area contributed by atoms with Crippen molar-refractivity contribution in [2.75, 3.05) is 0 Å². The molecule has 0 amide bonds. The summed E-state index contributed by atoms with van der Waals surface area (Å²) in [5, 5.41) is 0. The van der Waals surface area contributed by atoms with Gasteiger partial charge >= 0.3 is 0 Å². The lowest BCUT2D eigenvalue weighted by Gasteiger charge is -1.82. The molecule has 3 heteroatoms. The topological polar surface area (TPSA) is 35.2 Å². The van der Waals surface area contributed by atoms with Gasteiger partial charge in [-0.1, -0.05) is 6.92 Å². The summed E-state index contributed by atoms with van der Waals surface area (Å²) in [6.07, 6.45) is 0. The first-order valence-corrected chi connectivity index (χ1v) is 3.31. The Kier molecular flexibility index (Phi) is 4.25. The Morgan fingerprint density at radius 3 is 2.60 bits per heavy atom. The molecule has 0 aliphatic heterocycles. The number of hydrogen-bond acceptors (Lipinski definition) is 2. The number of hydrogen-bond donors (Lipinski definition) is 1. The average Bonchev–Trinajstić information content (AvgIpc) is 1.41. The highest BCUT2D eigenvalue weighted by molar-refractivity contribution is 6.26. The van der Waals surface area contributed by atoms with Crippen molar-refractivity contribution in [1.82, 2.24) is 0 Å². The van der Waals surface area contributed by atoms with Gasteiger partial charge in [-0.05, 0) is 6.04 Å². The minimum Gasteiger partial charge on any atom is -0.356 e. The molecule has 0 aromatic carbocycles. The Labute approximate surface area is 34.2 Å². The zero-order chi connectivity index (χ0) is 4.12. The van der Waals surface area contributed by atoms with Crippen molar-refractivity contribution in [3.63, 3.8) is 0 Å². The fourth-order valence-corrected chi connectivity index (χ4v) is 0.354. The Bertz CT molecular complexity index is 17.1. The summed E-state index contributed by atoms with van der Waals surface area (Å²) in [5.41, 5.74) is 0. The van der Waals surface area contributed by atoms with Crippen LogP contribution >= 0.6 is 0 Å². The maximum Gasteiger partial charge on any atom is 0.189 e. The Morgan fingerprint density at radius 2 is 2.60 bits per heavy atom. The first kappa shape index (κ1) is 5.14. The Hall–Kier alpha value is 0.137. The molecule has 0 atom stereocenters. The summed E-state index contributed by atoms with van der Waals surface area (Å²) >= 11 is 0. The van der Waals surface area contributed by atoms with Crippen LogP contribution in [-0.4, -0.2) is 9.76 Å². The van der Waals surface area contributed by atoms with E-state index in [0.29, 0.717) is 0 Å². The van der Waals surface area contributed by atoms with E-state index < -0.39 is 0 Å². The molecule has 0 unspecified atom stereocenters. The third-order valence-electron chi connectivity index (χ3n) is 0.322. The van der Waals surface area contributed by atoms with Gasteiger partial charge in [-0.25, -0.2) is 5.90 Å². The van der Waals surface area contributed by atoms with Gasteiger partial charge in [0.15, 0.2) is 9.76 Å². The van der Waals surface area contributed by atoms with Gasteiger partial charge in [0.2, 0.25) is 0 Å². The summed E-state index contributed by atoms with van der Waals surface area (Å²) in [6.45, 7) is 2.07. The minimum absolute atomic E-state index is 0.290. The van der Waals surface area contributed by atoms with E-state index in [2.05, 4.69) is 11.5 Å². The van der Waals surface area contributed by atoms with Crippen LogP contribution in [0.2, 0.25) is 6.04 Å². The summed E-state index contributed by atoms with van der Waals surface area (Å²) in [5.74, 6) is 4.70. The van der Waals surface area contributed by atoms with Crippen LogP contribution in [0, 0.1) is 0 Å². The molecule has 0 aromatic heterocycles. The molecule has 2 N–H and O–H groups in total. The molecule has 0 heterocycles. The van der Waals surface area contributed by atoms with Gasteiger partial charge in [0.1, 0.15) is 0 Å². The van der Waals surface area contributed by atoms with Gasteiger partial charge in [-0.15, -0.1) is 0 Å². The van der Waals surface area contributed by atoms with Crippen LogP contribution in [0.1, 0.15) is 6.92 Å². The molecule has 0 aromatic rings. The Morgan fingerprint density at radius 1 is 2.00 bits per heavy atom.